The molecule has 9 nitrogen and oxygen atoms in total. The lowest BCUT2D eigenvalue weighted by molar-refractivity contribution is 0.0815. The average molecular weight is 474 g/mol. The molecule has 1 atom stereocenters. The fraction of sp³-hybridized carbons (Fsp3) is 0.385. The molecule has 0 bridgehead atoms. The summed E-state index contributed by atoms with van der Waals surface area (Å²) in [6, 6.07) is 12.3. The van der Waals surface area contributed by atoms with Crippen molar-refractivity contribution < 1.29 is 9.53 Å². The quantitative estimate of drug-likeness (QED) is 0.440. The number of aromatic nitrogens is 5. The van der Waals surface area contributed by atoms with Crippen LogP contribution >= 0.6 is 0 Å². The number of hydrogen-bond acceptors (Lipinski definition) is 6. The minimum Gasteiger partial charge on any atom is -0.383 e. The zero-order valence-corrected chi connectivity index (χ0v) is 20.4. The molecule has 1 N–H and O–H groups in total. The van der Waals surface area contributed by atoms with E-state index in [9.17, 15) is 4.79 Å². The second kappa shape index (κ2) is 9.97. The summed E-state index contributed by atoms with van der Waals surface area (Å²) >= 11 is 0. The van der Waals surface area contributed by atoms with E-state index in [1.165, 1.54) is 5.56 Å². The monoisotopic (exact) mass is 473 g/mol. The number of anilines is 1. The molecule has 182 valence electrons. The highest BCUT2D eigenvalue weighted by atomic mass is 16.5. The standard InChI is InChI=1S/C26H31N7O2/c1-18-5-7-21(8-6-18)33-24(29-26(34)22-16-28-32-12-4-11-27-25(22)32)15-23(30-33)20-9-13-31(14-10-20)19(2)17-35-3/h4-8,11-12,15-16,19-20H,9-10,13-14,17H2,1-3H3,(H,29,34). The summed E-state index contributed by atoms with van der Waals surface area (Å²) in [5, 5.41) is 12.3. The number of nitrogens with one attached hydrogen (secondary N) is 1. The molecule has 4 heterocycles. The molecule has 1 amide bonds. The number of aryl methyl sites for hydroxylation is 1. The molecular weight excluding hydrogens is 442 g/mol. The van der Waals surface area contributed by atoms with Crippen LogP contribution in [0.3, 0.4) is 0 Å². The van der Waals surface area contributed by atoms with Crippen molar-refractivity contribution in [3.63, 3.8) is 0 Å². The van der Waals surface area contributed by atoms with Crippen LogP contribution in [0.4, 0.5) is 5.82 Å². The summed E-state index contributed by atoms with van der Waals surface area (Å²) in [5.74, 6) is 0.711. The molecule has 3 aromatic heterocycles. The van der Waals surface area contributed by atoms with Crippen molar-refractivity contribution in [3.8, 4) is 5.69 Å². The van der Waals surface area contributed by atoms with Gasteiger partial charge in [0.05, 0.1) is 24.2 Å². The Labute approximate surface area is 204 Å². The van der Waals surface area contributed by atoms with Crippen LogP contribution in [-0.4, -0.2) is 68.0 Å². The van der Waals surface area contributed by atoms with Crippen molar-refractivity contribution in [2.24, 2.45) is 0 Å². The predicted octanol–water partition coefficient (Wildman–Crippen LogP) is 3.69. The van der Waals surface area contributed by atoms with Gasteiger partial charge in [-0.05, 0) is 58.0 Å². The van der Waals surface area contributed by atoms with Gasteiger partial charge in [-0.25, -0.2) is 14.2 Å². The first kappa shape index (κ1) is 23.2. The maximum Gasteiger partial charge on any atom is 0.262 e. The summed E-state index contributed by atoms with van der Waals surface area (Å²) in [5.41, 5.74) is 4.01. The molecule has 1 aromatic carbocycles. The highest BCUT2D eigenvalue weighted by molar-refractivity contribution is 6.07. The highest BCUT2D eigenvalue weighted by Crippen LogP contribution is 2.31. The lowest BCUT2D eigenvalue weighted by Gasteiger charge is -2.35. The minimum atomic E-state index is -0.262. The number of amides is 1. The Kier molecular flexibility index (Phi) is 6.61. The SMILES string of the molecule is COCC(C)N1CCC(c2cc(NC(=O)c3cnn4cccnc34)n(-c3ccc(C)cc3)n2)CC1. The number of piperidine rings is 1. The highest BCUT2D eigenvalue weighted by Gasteiger charge is 2.27. The average Bonchev–Trinajstić information content (AvgIpc) is 3.49. The Morgan fingerprint density at radius 3 is 2.74 bits per heavy atom. The molecule has 0 spiro atoms. The van der Waals surface area contributed by atoms with E-state index < -0.39 is 0 Å². The minimum absolute atomic E-state index is 0.262. The number of fused-ring (bicyclic) bond motifs is 1. The number of nitrogens with zero attached hydrogens (tertiary/aromatic N) is 6. The molecule has 1 fully saturated rings. The Hall–Kier alpha value is -3.56. The molecule has 5 rings (SSSR count). The van der Waals surface area contributed by atoms with Gasteiger partial charge < -0.3 is 10.1 Å². The number of methoxy groups -OCH3 is 1. The summed E-state index contributed by atoms with van der Waals surface area (Å²) in [7, 11) is 1.75. The van der Waals surface area contributed by atoms with Crippen LogP contribution in [0, 0.1) is 6.92 Å². The molecule has 35 heavy (non-hydrogen) atoms. The second-order valence-electron chi connectivity index (χ2n) is 9.22. The van der Waals surface area contributed by atoms with E-state index in [1.54, 1.807) is 36.3 Å². The van der Waals surface area contributed by atoms with Gasteiger partial charge in [0, 0.05) is 37.5 Å². The number of hydrogen-bond donors (Lipinski definition) is 1. The van der Waals surface area contributed by atoms with Crippen LogP contribution in [0.1, 0.15) is 47.3 Å². The molecule has 1 aliphatic rings. The summed E-state index contributed by atoms with van der Waals surface area (Å²) in [6.45, 7) is 7.00. The normalized spacial score (nSPS) is 16.0. The number of carbonyl (C=O) groups is 1. The molecule has 0 saturated carbocycles. The van der Waals surface area contributed by atoms with Gasteiger partial charge in [0.2, 0.25) is 0 Å². The Bertz CT molecular complexity index is 1300. The Morgan fingerprint density at radius 2 is 2.00 bits per heavy atom. The van der Waals surface area contributed by atoms with E-state index in [2.05, 4.69) is 34.1 Å². The summed E-state index contributed by atoms with van der Waals surface area (Å²) in [6.07, 6.45) is 7.01. The number of likely N-dealkylation sites (tertiary alicyclic amines) is 1. The van der Waals surface area contributed by atoms with Crippen LogP contribution in [0.25, 0.3) is 11.3 Å². The molecule has 4 aromatic rings. The Balaban J connectivity index is 1.41. The lowest BCUT2D eigenvalue weighted by Crippen LogP contribution is -2.41. The molecule has 0 aliphatic carbocycles. The zero-order chi connectivity index (χ0) is 24.4. The first-order valence-corrected chi connectivity index (χ1v) is 12.0. The third-order valence-corrected chi connectivity index (χ3v) is 6.75. The summed E-state index contributed by atoms with van der Waals surface area (Å²) in [4.78, 5) is 20.0. The van der Waals surface area contributed by atoms with E-state index in [-0.39, 0.29) is 5.91 Å². The van der Waals surface area contributed by atoms with E-state index in [4.69, 9.17) is 9.84 Å². The fourth-order valence-electron chi connectivity index (χ4n) is 4.72. The van der Waals surface area contributed by atoms with Gasteiger partial charge >= 0.3 is 0 Å². The number of carbonyl (C=O) groups excluding carboxylic acids is 1. The van der Waals surface area contributed by atoms with Gasteiger partial charge in [-0.1, -0.05) is 17.7 Å². The van der Waals surface area contributed by atoms with E-state index in [1.807, 2.05) is 35.0 Å². The van der Waals surface area contributed by atoms with Gasteiger partial charge in [0.1, 0.15) is 11.4 Å². The van der Waals surface area contributed by atoms with Gasteiger partial charge in [-0.2, -0.15) is 10.2 Å². The maximum absolute atomic E-state index is 13.2. The second-order valence-corrected chi connectivity index (χ2v) is 9.22. The fourth-order valence-corrected chi connectivity index (χ4v) is 4.72. The van der Waals surface area contributed by atoms with Crippen molar-refractivity contribution in [3.05, 3.63) is 71.8 Å². The number of ether oxygens (including phenoxy) is 1. The predicted molar refractivity (Wildman–Crippen MR) is 134 cm³/mol. The molecular formula is C26H31N7O2. The molecule has 1 unspecified atom stereocenters. The number of benzene rings is 1. The summed E-state index contributed by atoms with van der Waals surface area (Å²) < 4.78 is 8.75. The third-order valence-electron chi connectivity index (χ3n) is 6.75. The van der Waals surface area contributed by atoms with Crippen molar-refractivity contribution in [2.45, 2.75) is 38.6 Å². The van der Waals surface area contributed by atoms with Gasteiger partial charge in [0.25, 0.3) is 5.91 Å². The van der Waals surface area contributed by atoms with Crippen LogP contribution in [-0.2, 0) is 4.74 Å². The largest absolute Gasteiger partial charge is 0.383 e. The van der Waals surface area contributed by atoms with E-state index in [0.29, 0.717) is 29.0 Å². The molecule has 1 saturated heterocycles. The van der Waals surface area contributed by atoms with Gasteiger partial charge in [0.15, 0.2) is 5.65 Å². The van der Waals surface area contributed by atoms with Crippen LogP contribution < -0.4 is 5.32 Å². The first-order chi connectivity index (χ1) is 17.0. The van der Waals surface area contributed by atoms with Gasteiger partial charge in [-0.15, -0.1) is 0 Å². The topological polar surface area (TPSA) is 89.6 Å². The van der Waals surface area contributed by atoms with Crippen molar-refractivity contribution >= 4 is 17.4 Å². The third kappa shape index (κ3) is 4.82. The number of rotatable bonds is 7. The van der Waals surface area contributed by atoms with Crippen LogP contribution in [0.15, 0.2) is 55.0 Å². The van der Waals surface area contributed by atoms with Crippen molar-refractivity contribution in [1.29, 1.82) is 0 Å². The van der Waals surface area contributed by atoms with Crippen LogP contribution in [0.2, 0.25) is 0 Å². The lowest BCUT2D eigenvalue weighted by atomic mass is 9.93. The van der Waals surface area contributed by atoms with Crippen LogP contribution in [0.5, 0.6) is 0 Å². The van der Waals surface area contributed by atoms with Gasteiger partial charge in [-0.3, -0.25) is 9.69 Å². The van der Waals surface area contributed by atoms with E-state index in [0.717, 1.165) is 43.9 Å². The van der Waals surface area contributed by atoms with E-state index >= 15 is 0 Å². The molecule has 1 aliphatic heterocycles. The zero-order valence-electron chi connectivity index (χ0n) is 20.4. The maximum atomic E-state index is 13.2. The molecule has 0 radical (unpaired) electrons. The Morgan fingerprint density at radius 1 is 1.23 bits per heavy atom. The smallest absolute Gasteiger partial charge is 0.262 e. The van der Waals surface area contributed by atoms with Crippen molar-refractivity contribution in [1.82, 2.24) is 29.3 Å². The van der Waals surface area contributed by atoms with Crippen molar-refractivity contribution in [2.75, 3.05) is 32.1 Å². The first-order valence-electron chi connectivity index (χ1n) is 12.0. The molecule has 9 heteroatoms.